The van der Waals surface area contributed by atoms with Gasteiger partial charge in [0.1, 0.15) is 6.10 Å². The Bertz CT molecular complexity index is 929. The largest absolute Gasteiger partial charge is 0.478 e. The molecule has 8 nitrogen and oxygen atoms in total. The van der Waals surface area contributed by atoms with Crippen molar-refractivity contribution in [3.8, 4) is 11.4 Å². The summed E-state index contributed by atoms with van der Waals surface area (Å²) in [5, 5.41) is 17.0. The third-order valence-electron chi connectivity index (χ3n) is 4.14. The Morgan fingerprint density at radius 1 is 1.36 bits per heavy atom. The monoisotopic (exact) mass is 339 g/mol. The number of carbonyl (C=O) groups is 1. The third-order valence-corrected chi connectivity index (χ3v) is 4.14. The first-order valence-electron chi connectivity index (χ1n) is 7.93. The highest BCUT2D eigenvalue weighted by Gasteiger charge is 2.23. The summed E-state index contributed by atoms with van der Waals surface area (Å²) in [5.41, 5.74) is 8.65. The predicted octanol–water partition coefficient (Wildman–Crippen LogP) is 1.34. The number of rotatable bonds is 3. The number of fused-ring (bicyclic) bond motifs is 1. The van der Waals surface area contributed by atoms with Gasteiger partial charge in [-0.15, -0.1) is 5.10 Å². The Hall–Kier alpha value is -2.97. The highest BCUT2D eigenvalue weighted by atomic mass is 16.5. The molecule has 8 heteroatoms. The fourth-order valence-corrected chi connectivity index (χ4v) is 2.87. The number of aromatic carboxylic acids is 1. The fourth-order valence-electron chi connectivity index (χ4n) is 2.87. The van der Waals surface area contributed by atoms with Gasteiger partial charge in [-0.3, -0.25) is 0 Å². The molecule has 1 aliphatic heterocycles. The average Bonchev–Trinajstić information content (AvgIpc) is 3.07. The van der Waals surface area contributed by atoms with Crippen LogP contribution in [0.2, 0.25) is 0 Å². The van der Waals surface area contributed by atoms with E-state index < -0.39 is 5.97 Å². The summed E-state index contributed by atoms with van der Waals surface area (Å²) >= 11 is 0. The van der Waals surface area contributed by atoms with Crippen LogP contribution in [0.1, 0.15) is 22.2 Å². The fraction of sp³-hybridized carbons (Fsp3) is 0.235. The van der Waals surface area contributed by atoms with Crippen LogP contribution < -0.4 is 11.1 Å². The van der Waals surface area contributed by atoms with Crippen molar-refractivity contribution in [2.45, 2.75) is 6.10 Å². The molecule has 4 rings (SSSR count). The van der Waals surface area contributed by atoms with E-state index in [9.17, 15) is 9.90 Å². The summed E-state index contributed by atoms with van der Waals surface area (Å²) in [6, 6.07) is 8.80. The lowest BCUT2D eigenvalue weighted by atomic mass is 10.1. The summed E-state index contributed by atoms with van der Waals surface area (Å²) in [5.74, 6) is -0.516. The van der Waals surface area contributed by atoms with E-state index in [1.54, 1.807) is 22.7 Å². The zero-order valence-electron chi connectivity index (χ0n) is 13.3. The van der Waals surface area contributed by atoms with Crippen LogP contribution in [-0.4, -0.2) is 45.4 Å². The van der Waals surface area contributed by atoms with Crippen molar-refractivity contribution in [2.24, 2.45) is 0 Å². The molecule has 1 aliphatic rings. The molecule has 25 heavy (non-hydrogen) atoms. The molecular weight excluding hydrogens is 322 g/mol. The number of carboxylic acids is 1. The molecule has 0 spiro atoms. The van der Waals surface area contributed by atoms with Crippen LogP contribution in [0.4, 0.5) is 5.69 Å². The maximum absolute atomic E-state index is 11.3. The molecule has 1 fully saturated rings. The molecule has 0 bridgehead atoms. The molecule has 4 N–H and O–H groups in total. The maximum atomic E-state index is 11.3. The first-order valence-corrected chi connectivity index (χ1v) is 7.93. The van der Waals surface area contributed by atoms with Gasteiger partial charge in [0.25, 0.3) is 0 Å². The minimum Gasteiger partial charge on any atom is -0.478 e. The molecule has 3 heterocycles. The average molecular weight is 339 g/mol. The van der Waals surface area contributed by atoms with Crippen LogP contribution in [0.3, 0.4) is 0 Å². The molecule has 1 saturated heterocycles. The molecule has 128 valence electrons. The van der Waals surface area contributed by atoms with Gasteiger partial charge in [-0.2, -0.15) is 0 Å². The topological polar surface area (TPSA) is 115 Å². The predicted molar refractivity (Wildman–Crippen MR) is 91.4 cm³/mol. The molecule has 0 amide bonds. The number of hydrogen-bond donors (Lipinski definition) is 3. The molecular formula is C17H17N5O3. The van der Waals surface area contributed by atoms with Crippen LogP contribution in [0.25, 0.3) is 16.9 Å². The van der Waals surface area contributed by atoms with Crippen molar-refractivity contribution in [3.05, 3.63) is 47.8 Å². The second-order valence-electron chi connectivity index (χ2n) is 5.87. The summed E-state index contributed by atoms with van der Waals surface area (Å²) in [6.45, 7) is 1.97. The van der Waals surface area contributed by atoms with Crippen molar-refractivity contribution in [1.82, 2.24) is 19.9 Å². The Morgan fingerprint density at radius 3 is 2.84 bits per heavy atom. The lowest BCUT2D eigenvalue weighted by molar-refractivity contribution is 0.0257. The SMILES string of the molecule is Nc1ccc(-c2nc(C3CNCCO3)c3cc(C(=O)O)cn3n2)cc1. The lowest BCUT2D eigenvalue weighted by Crippen LogP contribution is -2.34. The maximum Gasteiger partial charge on any atom is 0.337 e. The second kappa shape index (κ2) is 6.15. The molecule has 0 radical (unpaired) electrons. The van der Waals surface area contributed by atoms with E-state index in [0.717, 1.165) is 12.1 Å². The number of nitrogens with one attached hydrogen (secondary N) is 1. The van der Waals surface area contributed by atoms with Gasteiger partial charge < -0.3 is 20.9 Å². The molecule has 2 aromatic heterocycles. The molecule has 3 aromatic rings. The van der Waals surface area contributed by atoms with Crippen LogP contribution in [0.5, 0.6) is 0 Å². The minimum absolute atomic E-state index is 0.161. The quantitative estimate of drug-likeness (QED) is 0.617. The summed E-state index contributed by atoms with van der Waals surface area (Å²) < 4.78 is 7.37. The number of aromatic nitrogens is 3. The van der Waals surface area contributed by atoms with E-state index in [2.05, 4.69) is 15.4 Å². The van der Waals surface area contributed by atoms with E-state index in [0.29, 0.717) is 35.9 Å². The molecule has 0 aliphatic carbocycles. The van der Waals surface area contributed by atoms with Gasteiger partial charge in [0, 0.05) is 30.5 Å². The van der Waals surface area contributed by atoms with Crippen molar-refractivity contribution in [2.75, 3.05) is 25.4 Å². The van der Waals surface area contributed by atoms with Crippen molar-refractivity contribution < 1.29 is 14.6 Å². The van der Waals surface area contributed by atoms with Crippen molar-refractivity contribution in [1.29, 1.82) is 0 Å². The van der Waals surface area contributed by atoms with E-state index in [1.165, 1.54) is 6.20 Å². The summed E-state index contributed by atoms with van der Waals surface area (Å²) in [7, 11) is 0. The van der Waals surface area contributed by atoms with Crippen molar-refractivity contribution >= 4 is 17.2 Å². The number of nitrogen functional groups attached to an aromatic ring is 1. The van der Waals surface area contributed by atoms with E-state index >= 15 is 0 Å². The van der Waals surface area contributed by atoms with Gasteiger partial charge in [0.2, 0.25) is 0 Å². The standard InChI is InChI=1S/C17H17N5O3/c18-12-3-1-10(2-4-12)16-20-15(14-8-19-5-6-25-14)13-7-11(17(23)24)9-22(13)21-16/h1-4,7,9,14,19H,5-6,8,18H2,(H,23,24). The third kappa shape index (κ3) is 2.92. The van der Waals surface area contributed by atoms with Crippen LogP contribution in [0.15, 0.2) is 36.5 Å². The van der Waals surface area contributed by atoms with E-state index in [4.69, 9.17) is 10.5 Å². The highest BCUT2D eigenvalue weighted by Crippen LogP contribution is 2.26. The number of anilines is 1. The van der Waals surface area contributed by atoms with Gasteiger partial charge >= 0.3 is 5.97 Å². The molecule has 1 atom stereocenters. The number of hydrogen-bond acceptors (Lipinski definition) is 6. The summed E-state index contributed by atoms with van der Waals surface area (Å²) in [6.07, 6.45) is 1.23. The van der Waals surface area contributed by atoms with E-state index in [1.807, 2.05) is 12.1 Å². The number of benzene rings is 1. The second-order valence-corrected chi connectivity index (χ2v) is 5.87. The van der Waals surface area contributed by atoms with E-state index in [-0.39, 0.29) is 11.7 Å². The Balaban J connectivity index is 1.89. The number of carboxylic acid groups (broad SMARTS) is 1. The Kier molecular flexibility index (Phi) is 3.83. The molecule has 1 aromatic carbocycles. The zero-order chi connectivity index (χ0) is 17.4. The Morgan fingerprint density at radius 2 is 2.16 bits per heavy atom. The smallest absolute Gasteiger partial charge is 0.337 e. The first-order chi connectivity index (χ1) is 12.1. The highest BCUT2D eigenvalue weighted by molar-refractivity contribution is 5.89. The van der Waals surface area contributed by atoms with Crippen LogP contribution >= 0.6 is 0 Å². The van der Waals surface area contributed by atoms with Crippen LogP contribution in [0, 0.1) is 0 Å². The normalized spacial score (nSPS) is 17.7. The van der Waals surface area contributed by atoms with Gasteiger partial charge in [-0.1, -0.05) is 0 Å². The number of nitrogens with zero attached hydrogens (tertiary/aromatic N) is 3. The number of nitrogens with two attached hydrogens (primary N) is 1. The number of ether oxygens (including phenoxy) is 1. The molecule has 0 saturated carbocycles. The number of morpholine rings is 1. The van der Waals surface area contributed by atoms with Crippen LogP contribution in [-0.2, 0) is 4.74 Å². The van der Waals surface area contributed by atoms with Gasteiger partial charge in [0.15, 0.2) is 5.82 Å². The minimum atomic E-state index is -1.01. The Labute approximate surface area is 143 Å². The molecule has 1 unspecified atom stereocenters. The van der Waals surface area contributed by atoms with Gasteiger partial charge in [-0.05, 0) is 30.3 Å². The van der Waals surface area contributed by atoms with Gasteiger partial charge in [0.05, 0.1) is 23.4 Å². The zero-order valence-corrected chi connectivity index (χ0v) is 13.3. The van der Waals surface area contributed by atoms with Gasteiger partial charge in [-0.25, -0.2) is 14.3 Å². The first kappa shape index (κ1) is 15.6. The summed E-state index contributed by atoms with van der Waals surface area (Å²) in [4.78, 5) is 16.0. The van der Waals surface area contributed by atoms with Crippen molar-refractivity contribution in [3.63, 3.8) is 0 Å². The lowest BCUT2D eigenvalue weighted by Gasteiger charge is -2.24.